The number of anilines is 2. The number of ether oxygens (including phenoxy) is 2. The number of thiocarbonyl (C=S) groups is 1. The molecule has 29 heavy (non-hydrogen) atoms. The van der Waals surface area contributed by atoms with Gasteiger partial charge in [-0.15, -0.1) is 11.3 Å². The first-order valence-corrected chi connectivity index (χ1v) is 10.3. The highest BCUT2D eigenvalue weighted by Crippen LogP contribution is 2.36. The number of benzene rings is 2. The van der Waals surface area contributed by atoms with Crippen molar-refractivity contribution in [1.82, 2.24) is 0 Å². The van der Waals surface area contributed by atoms with E-state index in [0.29, 0.717) is 28.0 Å². The lowest BCUT2D eigenvalue weighted by molar-refractivity contribution is 0.0528. The Hall–Kier alpha value is -2.90. The lowest BCUT2D eigenvalue weighted by atomic mass is 10.1. The van der Waals surface area contributed by atoms with E-state index in [1.807, 2.05) is 61.5 Å². The van der Waals surface area contributed by atoms with Crippen LogP contribution in [0.4, 0.5) is 10.7 Å². The van der Waals surface area contributed by atoms with Crippen molar-refractivity contribution in [2.75, 3.05) is 24.4 Å². The van der Waals surface area contributed by atoms with Crippen molar-refractivity contribution >= 4 is 45.3 Å². The van der Waals surface area contributed by atoms with Gasteiger partial charge in [0.15, 0.2) is 5.11 Å². The van der Waals surface area contributed by atoms with Gasteiger partial charge in [0.25, 0.3) is 0 Å². The molecule has 150 valence electrons. The summed E-state index contributed by atoms with van der Waals surface area (Å²) in [5.74, 6) is 0.297. The molecule has 1 aromatic heterocycles. The summed E-state index contributed by atoms with van der Waals surface area (Å²) in [5.41, 5.74) is 3.31. The minimum atomic E-state index is -0.385. The van der Waals surface area contributed by atoms with Crippen LogP contribution >= 0.6 is 23.6 Å². The number of thiophene rings is 1. The lowest BCUT2D eigenvalue weighted by Crippen LogP contribution is -2.20. The summed E-state index contributed by atoms with van der Waals surface area (Å²) < 4.78 is 10.6. The Bertz CT molecular complexity index is 1020. The van der Waals surface area contributed by atoms with Crippen molar-refractivity contribution in [2.24, 2.45) is 0 Å². The van der Waals surface area contributed by atoms with Crippen LogP contribution in [0.25, 0.3) is 10.4 Å². The van der Waals surface area contributed by atoms with Gasteiger partial charge in [0, 0.05) is 4.88 Å². The Morgan fingerprint density at radius 1 is 1.10 bits per heavy atom. The minimum Gasteiger partial charge on any atom is -0.495 e. The Balaban J connectivity index is 1.87. The van der Waals surface area contributed by atoms with Crippen LogP contribution in [0.15, 0.2) is 54.6 Å². The molecular weight excluding hydrogens is 404 g/mol. The van der Waals surface area contributed by atoms with Crippen molar-refractivity contribution in [3.63, 3.8) is 0 Å². The van der Waals surface area contributed by atoms with E-state index in [2.05, 4.69) is 10.6 Å². The molecule has 1 heterocycles. The smallest absolute Gasteiger partial charge is 0.341 e. The van der Waals surface area contributed by atoms with Gasteiger partial charge in [-0.05, 0) is 55.4 Å². The van der Waals surface area contributed by atoms with Crippen LogP contribution < -0.4 is 15.4 Å². The minimum absolute atomic E-state index is 0.304. The van der Waals surface area contributed by atoms with Crippen LogP contribution in [0.1, 0.15) is 22.8 Å². The Kier molecular flexibility index (Phi) is 6.85. The number of rotatable bonds is 6. The molecule has 0 atom stereocenters. The summed E-state index contributed by atoms with van der Waals surface area (Å²) in [5, 5.41) is 7.28. The second-order valence-electron chi connectivity index (χ2n) is 6.22. The van der Waals surface area contributed by atoms with E-state index in [1.54, 1.807) is 14.0 Å². The molecule has 0 amide bonds. The summed E-state index contributed by atoms with van der Waals surface area (Å²) in [6.07, 6.45) is 0. The number of methoxy groups -OCH3 is 1. The van der Waals surface area contributed by atoms with E-state index in [9.17, 15) is 4.79 Å². The van der Waals surface area contributed by atoms with E-state index in [-0.39, 0.29) is 5.97 Å². The number of carbonyl (C=O) groups is 1. The molecule has 0 fully saturated rings. The average Bonchev–Trinajstić information content (AvgIpc) is 3.13. The van der Waals surface area contributed by atoms with E-state index in [1.165, 1.54) is 11.3 Å². The van der Waals surface area contributed by atoms with Crippen molar-refractivity contribution < 1.29 is 14.3 Å². The van der Waals surface area contributed by atoms with Crippen LogP contribution in [0.5, 0.6) is 5.75 Å². The standard InChI is InChI=1S/C22H22N2O3S2/c1-4-27-21(25)16-13-19(15-8-6-5-7-9-15)29-20(16)24-22(28)23-17-12-14(2)10-11-18(17)26-3/h5-13H,4H2,1-3H3,(H2,23,24,28). The zero-order chi connectivity index (χ0) is 20.8. The maximum absolute atomic E-state index is 12.5. The number of hydrogen-bond donors (Lipinski definition) is 2. The van der Waals surface area contributed by atoms with E-state index >= 15 is 0 Å². The Labute approximate surface area is 179 Å². The predicted molar refractivity (Wildman–Crippen MR) is 123 cm³/mol. The summed E-state index contributed by atoms with van der Waals surface area (Å²) in [4.78, 5) is 13.4. The van der Waals surface area contributed by atoms with Crippen LogP contribution in [-0.2, 0) is 4.74 Å². The van der Waals surface area contributed by atoms with Crippen molar-refractivity contribution in [3.05, 3.63) is 65.7 Å². The molecule has 0 aliphatic heterocycles. The number of carbonyl (C=O) groups excluding carboxylic acids is 1. The Morgan fingerprint density at radius 2 is 1.86 bits per heavy atom. The van der Waals surface area contributed by atoms with Crippen LogP contribution in [0.3, 0.4) is 0 Å². The Morgan fingerprint density at radius 3 is 2.55 bits per heavy atom. The van der Waals surface area contributed by atoms with Crippen molar-refractivity contribution in [1.29, 1.82) is 0 Å². The molecule has 2 aromatic carbocycles. The van der Waals surface area contributed by atoms with Gasteiger partial charge in [0.1, 0.15) is 10.8 Å². The van der Waals surface area contributed by atoms with Crippen LogP contribution in [-0.4, -0.2) is 24.8 Å². The number of esters is 1. The van der Waals surface area contributed by atoms with Gasteiger partial charge in [-0.1, -0.05) is 36.4 Å². The molecule has 7 heteroatoms. The summed E-state index contributed by atoms with van der Waals surface area (Å²) in [6, 6.07) is 17.5. The molecule has 0 unspecified atom stereocenters. The highest BCUT2D eigenvalue weighted by molar-refractivity contribution is 7.80. The molecule has 0 saturated heterocycles. The van der Waals surface area contributed by atoms with Gasteiger partial charge < -0.3 is 20.1 Å². The maximum atomic E-state index is 12.5. The molecule has 3 rings (SSSR count). The fraction of sp³-hybridized carbons (Fsp3) is 0.182. The van der Waals surface area contributed by atoms with Crippen molar-refractivity contribution in [3.8, 4) is 16.2 Å². The summed E-state index contributed by atoms with van der Waals surface area (Å²) in [6.45, 7) is 4.08. The maximum Gasteiger partial charge on any atom is 0.341 e. The monoisotopic (exact) mass is 426 g/mol. The first kappa shape index (κ1) is 20.8. The third-order valence-corrected chi connectivity index (χ3v) is 5.42. The SMILES string of the molecule is CCOC(=O)c1cc(-c2ccccc2)sc1NC(=S)Nc1cc(C)ccc1OC. The molecule has 0 aliphatic rings. The zero-order valence-corrected chi connectivity index (χ0v) is 18.1. The lowest BCUT2D eigenvalue weighted by Gasteiger charge is -2.14. The van der Waals surface area contributed by atoms with Crippen LogP contribution in [0, 0.1) is 6.92 Å². The topological polar surface area (TPSA) is 59.6 Å². The van der Waals surface area contributed by atoms with Gasteiger partial charge in [-0.25, -0.2) is 4.79 Å². The van der Waals surface area contributed by atoms with Gasteiger partial charge in [0.2, 0.25) is 0 Å². The van der Waals surface area contributed by atoms with Crippen LogP contribution in [0.2, 0.25) is 0 Å². The van der Waals surface area contributed by atoms with Gasteiger partial charge in [-0.2, -0.15) is 0 Å². The zero-order valence-electron chi connectivity index (χ0n) is 16.4. The quantitative estimate of drug-likeness (QED) is 0.388. The normalized spacial score (nSPS) is 10.3. The highest BCUT2D eigenvalue weighted by atomic mass is 32.1. The highest BCUT2D eigenvalue weighted by Gasteiger charge is 2.19. The number of hydrogen-bond acceptors (Lipinski definition) is 5. The molecule has 0 radical (unpaired) electrons. The van der Waals surface area contributed by atoms with Gasteiger partial charge >= 0.3 is 5.97 Å². The molecule has 0 aliphatic carbocycles. The van der Waals surface area contributed by atoms with Gasteiger partial charge in [0.05, 0.1) is 25.0 Å². The molecule has 5 nitrogen and oxygen atoms in total. The fourth-order valence-corrected chi connectivity index (χ4v) is 4.10. The van der Waals surface area contributed by atoms with Gasteiger partial charge in [-0.3, -0.25) is 0 Å². The van der Waals surface area contributed by atoms with E-state index in [0.717, 1.165) is 21.7 Å². The summed E-state index contributed by atoms with van der Waals surface area (Å²) >= 11 is 6.93. The molecule has 0 spiro atoms. The second-order valence-corrected chi connectivity index (χ2v) is 7.68. The summed E-state index contributed by atoms with van der Waals surface area (Å²) in [7, 11) is 1.61. The largest absolute Gasteiger partial charge is 0.495 e. The molecular formula is C22H22N2O3S2. The third-order valence-electron chi connectivity index (χ3n) is 4.12. The molecule has 0 saturated carbocycles. The molecule has 0 bridgehead atoms. The number of aryl methyl sites for hydroxylation is 1. The fourth-order valence-electron chi connectivity index (χ4n) is 2.77. The first-order chi connectivity index (χ1) is 14.0. The predicted octanol–water partition coefficient (Wildman–Crippen LogP) is 5.72. The molecule has 3 aromatic rings. The number of nitrogens with one attached hydrogen (secondary N) is 2. The third kappa shape index (κ3) is 5.13. The second kappa shape index (κ2) is 9.54. The first-order valence-electron chi connectivity index (χ1n) is 9.10. The average molecular weight is 427 g/mol. The van der Waals surface area contributed by atoms with Crippen molar-refractivity contribution in [2.45, 2.75) is 13.8 Å². The van der Waals surface area contributed by atoms with E-state index < -0.39 is 0 Å². The molecule has 2 N–H and O–H groups in total. The van der Waals surface area contributed by atoms with E-state index in [4.69, 9.17) is 21.7 Å².